The van der Waals surface area contributed by atoms with Gasteiger partial charge < -0.3 is 31.7 Å². The van der Waals surface area contributed by atoms with Gasteiger partial charge in [0.2, 0.25) is 17.7 Å². The van der Waals surface area contributed by atoms with Crippen LogP contribution in [0.25, 0.3) is 0 Å². The third-order valence-electron chi connectivity index (χ3n) is 6.54. The summed E-state index contributed by atoms with van der Waals surface area (Å²) in [7, 11) is 0. The molecule has 1 heterocycles. The number of nitrogens with one attached hydrogen (secondary N) is 5. The molecule has 1 aliphatic heterocycles. The van der Waals surface area contributed by atoms with Crippen molar-refractivity contribution in [2.24, 2.45) is 21.9 Å². The van der Waals surface area contributed by atoms with E-state index in [0.717, 1.165) is 10.6 Å². The van der Waals surface area contributed by atoms with E-state index in [-0.39, 0.29) is 31.4 Å². The number of primary amides is 1. The molecular formula is C30H39N9O6. The van der Waals surface area contributed by atoms with E-state index in [1.54, 1.807) is 45.0 Å². The van der Waals surface area contributed by atoms with Gasteiger partial charge in [-0.2, -0.15) is 5.10 Å². The molecule has 0 unspecified atom stereocenters. The molecule has 0 aromatic heterocycles. The van der Waals surface area contributed by atoms with Crippen molar-refractivity contribution >= 4 is 47.2 Å². The topological polar surface area (TPSA) is 209 Å². The van der Waals surface area contributed by atoms with Crippen molar-refractivity contribution in [1.29, 1.82) is 0 Å². The molecule has 0 spiro atoms. The van der Waals surface area contributed by atoms with Crippen LogP contribution in [-0.2, 0) is 25.7 Å². The fraction of sp³-hybridized carbons (Fsp3) is 0.367. The van der Waals surface area contributed by atoms with Crippen LogP contribution in [0.5, 0.6) is 0 Å². The lowest BCUT2D eigenvalue weighted by atomic mass is 10.0. The lowest BCUT2D eigenvalue weighted by molar-refractivity contribution is -0.131. The van der Waals surface area contributed by atoms with Crippen LogP contribution in [0.4, 0.5) is 15.3 Å². The average molecular weight is 622 g/mol. The van der Waals surface area contributed by atoms with E-state index in [1.807, 2.05) is 30.3 Å². The van der Waals surface area contributed by atoms with E-state index < -0.39 is 36.0 Å². The predicted molar refractivity (Wildman–Crippen MR) is 168 cm³/mol. The second-order valence-corrected chi connectivity index (χ2v) is 10.6. The predicted octanol–water partition coefficient (Wildman–Crippen LogP) is 1.96. The Kier molecular flexibility index (Phi) is 12.4. The minimum absolute atomic E-state index is 0.0637. The number of anilines is 1. The van der Waals surface area contributed by atoms with Gasteiger partial charge in [-0.3, -0.25) is 19.8 Å². The number of nitrogens with two attached hydrogens (primary N) is 1. The highest BCUT2D eigenvalue weighted by Crippen LogP contribution is 2.14. The Morgan fingerprint density at radius 1 is 0.978 bits per heavy atom. The second kappa shape index (κ2) is 16.4. The number of urea groups is 1. The van der Waals surface area contributed by atoms with Crippen molar-refractivity contribution in [3.05, 3.63) is 65.7 Å². The minimum Gasteiger partial charge on any atom is -0.443 e. The molecule has 7 N–H and O–H groups in total. The number of nitrogens with zero attached hydrogens (tertiary/aromatic N) is 3. The molecule has 0 radical (unpaired) electrons. The molecule has 45 heavy (non-hydrogen) atoms. The van der Waals surface area contributed by atoms with Crippen LogP contribution in [0.15, 0.2) is 64.8 Å². The lowest BCUT2D eigenvalue weighted by Gasteiger charge is -2.25. The Labute approximate surface area is 261 Å². The third-order valence-corrected chi connectivity index (χ3v) is 6.54. The number of ether oxygens (including phenoxy) is 1. The molecule has 0 fully saturated rings. The van der Waals surface area contributed by atoms with Crippen molar-refractivity contribution in [2.75, 3.05) is 11.9 Å². The van der Waals surface area contributed by atoms with Crippen LogP contribution in [-0.4, -0.2) is 65.2 Å². The second-order valence-electron chi connectivity index (χ2n) is 10.6. The minimum atomic E-state index is -0.965. The van der Waals surface area contributed by atoms with Crippen LogP contribution in [0.2, 0.25) is 0 Å². The van der Waals surface area contributed by atoms with E-state index in [4.69, 9.17) is 10.5 Å². The average Bonchev–Trinajstić information content (AvgIpc) is 3.01. The molecule has 0 saturated carbocycles. The first-order chi connectivity index (χ1) is 21.4. The van der Waals surface area contributed by atoms with Crippen molar-refractivity contribution in [2.45, 2.75) is 59.2 Å². The maximum absolute atomic E-state index is 13.2. The Bertz CT molecular complexity index is 1430. The van der Waals surface area contributed by atoms with Gasteiger partial charge in [-0.05, 0) is 43.4 Å². The van der Waals surface area contributed by atoms with E-state index >= 15 is 0 Å². The highest BCUT2D eigenvalue weighted by Gasteiger charge is 2.28. The number of hydrazone groups is 2. The largest absolute Gasteiger partial charge is 0.443 e. The number of carbonyl (C=O) groups is 5. The normalized spacial score (nSPS) is 13.8. The summed E-state index contributed by atoms with van der Waals surface area (Å²) in [6.45, 7) is 6.62. The molecule has 2 aromatic rings. The first-order valence-corrected chi connectivity index (χ1v) is 14.4. The van der Waals surface area contributed by atoms with Gasteiger partial charge in [0.15, 0.2) is 11.7 Å². The summed E-state index contributed by atoms with van der Waals surface area (Å²) in [5.41, 5.74) is 9.76. The van der Waals surface area contributed by atoms with Crippen LogP contribution in [0.3, 0.4) is 0 Å². The quantitative estimate of drug-likeness (QED) is 0.183. The van der Waals surface area contributed by atoms with Crippen molar-refractivity contribution in [3.63, 3.8) is 0 Å². The maximum atomic E-state index is 13.2. The van der Waals surface area contributed by atoms with Gasteiger partial charge in [0, 0.05) is 24.7 Å². The molecule has 2 atom stereocenters. The molecule has 6 amide bonds. The summed E-state index contributed by atoms with van der Waals surface area (Å²) in [5.74, 6) is -0.899. The van der Waals surface area contributed by atoms with Crippen LogP contribution >= 0.6 is 0 Å². The van der Waals surface area contributed by atoms with Gasteiger partial charge in [0.05, 0.1) is 0 Å². The molecular weight excluding hydrogens is 582 g/mol. The van der Waals surface area contributed by atoms with Crippen molar-refractivity contribution < 1.29 is 28.7 Å². The molecule has 0 saturated heterocycles. The SMILES string of the molecule is CC(=O)N[C@H](C(=O)N[C@@H](CCCNC(N)=O)C(=O)Nc1ccc(COC(=O)N2N=C(c3ccccc3)NN=C2C)cc1)C(C)C. The van der Waals surface area contributed by atoms with Gasteiger partial charge >= 0.3 is 12.1 Å². The van der Waals surface area contributed by atoms with Crippen LogP contribution in [0, 0.1) is 5.92 Å². The van der Waals surface area contributed by atoms with E-state index in [9.17, 15) is 24.0 Å². The van der Waals surface area contributed by atoms with E-state index in [2.05, 4.69) is 36.9 Å². The summed E-state index contributed by atoms with van der Waals surface area (Å²) in [6, 6.07) is 13.3. The molecule has 15 nitrogen and oxygen atoms in total. The number of hydrogen-bond acceptors (Lipinski definition) is 9. The highest BCUT2D eigenvalue weighted by atomic mass is 16.6. The number of hydrogen-bond donors (Lipinski definition) is 6. The zero-order chi connectivity index (χ0) is 32.9. The van der Waals surface area contributed by atoms with Crippen molar-refractivity contribution in [1.82, 2.24) is 26.4 Å². The van der Waals surface area contributed by atoms with Crippen LogP contribution in [0.1, 0.15) is 51.7 Å². The Morgan fingerprint density at radius 2 is 1.67 bits per heavy atom. The molecule has 2 aromatic carbocycles. The van der Waals surface area contributed by atoms with Gasteiger partial charge in [-0.25, -0.2) is 9.59 Å². The molecule has 1 aliphatic rings. The Balaban J connectivity index is 1.61. The van der Waals surface area contributed by atoms with Crippen LogP contribution < -0.4 is 32.4 Å². The Hall–Kier alpha value is -5.47. The summed E-state index contributed by atoms with van der Waals surface area (Å²) in [6.07, 6.45) is -0.168. The smallest absolute Gasteiger partial charge is 0.436 e. The number of amides is 6. The summed E-state index contributed by atoms with van der Waals surface area (Å²) < 4.78 is 5.43. The fourth-order valence-electron chi connectivity index (χ4n) is 4.19. The molecule has 15 heteroatoms. The zero-order valence-corrected chi connectivity index (χ0v) is 25.6. The number of amidine groups is 2. The number of carbonyl (C=O) groups excluding carboxylic acids is 5. The van der Waals surface area contributed by atoms with Gasteiger partial charge in [0.25, 0.3) is 0 Å². The van der Waals surface area contributed by atoms with Crippen molar-refractivity contribution in [3.8, 4) is 0 Å². The maximum Gasteiger partial charge on any atom is 0.436 e. The lowest BCUT2D eigenvalue weighted by Crippen LogP contribution is -2.54. The molecule has 0 bridgehead atoms. The van der Waals surface area contributed by atoms with E-state index in [1.165, 1.54) is 6.92 Å². The third kappa shape index (κ3) is 10.6. The van der Waals surface area contributed by atoms with Gasteiger partial charge in [0.1, 0.15) is 18.7 Å². The highest BCUT2D eigenvalue weighted by molar-refractivity contribution is 6.04. The number of rotatable bonds is 13. The molecule has 3 rings (SSSR count). The van der Waals surface area contributed by atoms with Gasteiger partial charge in [-0.15, -0.1) is 10.1 Å². The van der Waals surface area contributed by atoms with Gasteiger partial charge in [-0.1, -0.05) is 56.3 Å². The monoisotopic (exact) mass is 621 g/mol. The Morgan fingerprint density at radius 3 is 2.29 bits per heavy atom. The number of benzene rings is 2. The summed E-state index contributed by atoms with van der Waals surface area (Å²) >= 11 is 0. The zero-order valence-electron chi connectivity index (χ0n) is 25.6. The fourth-order valence-corrected chi connectivity index (χ4v) is 4.19. The standard InChI is InChI=1S/C30H39N9O6/c1-18(2)25(33-20(4)40)28(42)35-24(11-8-16-32-29(31)43)27(41)34-23-14-12-21(13-15-23)17-45-30(44)39-19(3)36-37-26(38-39)22-9-6-5-7-10-22/h5-7,9-10,12-15,18,24-25H,8,11,16-17H2,1-4H3,(H,33,40)(H,34,41)(H,35,42)(H,37,38)(H3,31,32,43)/t24-,25-/m0/s1. The first-order valence-electron chi connectivity index (χ1n) is 14.4. The first kappa shape index (κ1) is 34.0. The molecule has 0 aliphatic carbocycles. The van der Waals surface area contributed by atoms with E-state index in [0.29, 0.717) is 29.3 Å². The summed E-state index contributed by atoms with van der Waals surface area (Å²) in [4.78, 5) is 61.6. The molecule has 240 valence electrons. The summed E-state index contributed by atoms with van der Waals surface area (Å²) in [5, 5.41) is 20.0.